The van der Waals surface area contributed by atoms with Gasteiger partial charge in [0.25, 0.3) is 0 Å². The highest BCUT2D eigenvalue weighted by Gasteiger charge is 2.34. The molecule has 0 spiro atoms. The fraction of sp³-hybridized carbons (Fsp3) is 0.250. The summed E-state index contributed by atoms with van der Waals surface area (Å²) >= 11 is 7.15. The predicted molar refractivity (Wildman–Crippen MR) is 67.6 cm³/mol. The first kappa shape index (κ1) is 14.8. The van der Waals surface area contributed by atoms with Gasteiger partial charge in [-0.15, -0.1) is 0 Å². The van der Waals surface area contributed by atoms with Crippen molar-refractivity contribution in [2.24, 2.45) is 0 Å². The van der Waals surface area contributed by atoms with Crippen LogP contribution in [-0.4, -0.2) is 14.7 Å². The number of rotatable bonds is 2. The van der Waals surface area contributed by atoms with E-state index in [0.717, 1.165) is 12.3 Å². The van der Waals surface area contributed by atoms with E-state index in [1.54, 1.807) is 22.6 Å². The van der Waals surface area contributed by atoms with E-state index in [4.69, 9.17) is 11.6 Å². The lowest BCUT2D eigenvalue weighted by atomic mass is 10.2. The Morgan fingerprint density at radius 2 is 1.88 bits per heavy atom. The molecule has 0 bridgehead atoms. The molecular formula is C8H6ClF3INO2S. The smallest absolute Gasteiger partial charge is 0.283 e. The van der Waals surface area contributed by atoms with Crippen molar-refractivity contribution in [3.8, 4) is 0 Å². The number of sulfonamides is 1. The second-order valence-corrected chi connectivity index (χ2v) is 6.50. The van der Waals surface area contributed by atoms with E-state index < -0.39 is 26.8 Å². The van der Waals surface area contributed by atoms with E-state index in [0.29, 0.717) is 6.07 Å². The standard InChI is InChI=1S/C8H6ClF3INO2S/c1-17(15,16)14-7-2-4(8(10,11)12)5(9)3-6(7)13/h2-3,14H,1H3. The minimum Gasteiger partial charge on any atom is -0.283 e. The molecular weight excluding hydrogens is 394 g/mol. The van der Waals surface area contributed by atoms with E-state index in [9.17, 15) is 21.6 Å². The van der Waals surface area contributed by atoms with Crippen molar-refractivity contribution in [1.29, 1.82) is 0 Å². The molecule has 1 aromatic rings. The van der Waals surface area contributed by atoms with Gasteiger partial charge in [0.05, 0.1) is 22.5 Å². The molecule has 0 aliphatic heterocycles. The summed E-state index contributed by atoms with van der Waals surface area (Å²) in [4.78, 5) is 0. The third-order valence-corrected chi connectivity index (χ3v) is 3.45. The van der Waals surface area contributed by atoms with Gasteiger partial charge in [-0.25, -0.2) is 8.42 Å². The predicted octanol–water partition coefficient (Wildman–Crippen LogP) is 3.33. The fourth-order valence-electron chi connectivity index (χ4n) is 1.04. The van der Waals surface area contributed by atoms with Gasteiger partial charge < -0.3 is 0 Å². The van der Waals surface area contributed by atoms with Gasteiger partial charge in [0.1, 0.15) is 0 Å². The minimum absolute atomic E-state index is 0.148. The summed E-state index contributed by atoms with van der Waals surface area (Å²) in [5.74, 6) is 0. The van der Waals surface area contributed by atoms with Crippen LogP contribution in [0.2, 0.25) is 5.02 Å². The van der Waals surface area contributed by atoms with Gasteiger partial charge in [0, 0.05) is 3.57 Å². The highest BCUT2D eigenvalue weighted by Crippen LogP contribution is 2.38. The van der Waals surface area contributed by atoms with E-state index in [2.05, 4.69) is 0 Å². The zero-order valence-corrected chi connectivity index (χ0v) is 12.0. The van der Waals surface area contributed by atoms with Gasteiger partial charge in [-0.1, -0.05) is 11.6 Å². The second kappa shape index (κ2) is 4.81. The van der Waals surface area contributed by atoms with Gasteiger partial charge in [-0.2, -0.15) is 13.2 Å². The van der Waals surface area contributed by atoms with Crippen LogP contribution in [0, 0.1) is 3.57 Å². The summed E-state index contributed by atoms with van der Waals surface area (Å²) in [6, 6.07) is 1.73. The molecule has 0 aromatic heterocycles. The van der Waals surface area contributed by atoms with Crippen molar-refractivity contribution in [2.45, 2.75) is 6.18 Å². The summed E-state index contributed by atoms with van der Waals surface area (Å²) < 4.78 is 61.8. The minimum atomic E-state index is -4.63. The first-order valence-electron chi connectivity index (χ1n) is 4.05. The number of hydrogen-bond acceptors (Lipinski definition) is 2. The summed E-state index contributed by atoms with van der Waals surface area (Å²) in [5, 5.41) is -0.471. The molecule has 17 heavy (non-hydrogen) atoms. The lowest BCUT2D eigenvalue weighted by Crippen LogP contribution is -2.13. The van der Waals surface area contributed by atoms with Crippen molar-refractivity contribution in [1.82, 2.24) is 0 Å². The van der Waals surface area contributed by atoms with Crippen molar-refractivity contribution < 1.29 is 21.6 Å². The summed E-state index contributed by atoms with van der Waals surface area (Å²) in [5.41, 5.74) is -1.23. The van der Waals surface area contributed by atoms with Gasteiger partial charge in [0.15, 0.2) is 0 Å². The molecule has 0 heterocycles. The quantitative estimate of drug-likeness (QED) is 0.776. The van der Waals surface area contributed by atoms with E-state index in [1.807, 2.05) is 4.72 Å². The highest BCUT2D eigenvalue weighted by molar-refractivity contribution is 14.1. The Balaban J connectivity index is 3.34. The molecule has 0 aliphatic rings. The maximum atomic E-state index is 12.5. The van der Waals surface area contributed by atoms with Gasteiger partial charge in [0.2, 0.25) is 10.0 Å². The fourth-order valence-corrected chi connectivity index (χ4v) is 2.85. The van der Waals surface area contributed by atoms with Crippen LogP contribution in [0.25, 0.3) is 0 Å². The Kier molecular flexibility index (Phi) is 4.20. The molecule has 1 rings (SSSR count). The van der Waals surface area contributed by atoms with Crippen LogP contribution in [0.5, 0.6) is 0 Å². The van der Waals surface area contributed by atoms with E-state index in [-0.39, 0.29) is 9.26 Å². The average Bonchev–Trinajstić information content (AvgIpc) is 2.05. The van der Waals surface area contributed by atoms with Crippen molar-refractivity contribution in [3.63, 3.8) is 0 Å². The van der Waals surface area contributed by atoms with Crippen molar-refractivity contribution in [2.75, 3.05) is 11.0 Å². The van der Waals surface area contributed by atoms with Crippen LogP contribution >= 0.6 is 34.2 Å². The van der Waals surface area contributed by atoms with Crippen LogP contribution < -0.4 is 4.72 Å². The average molecular weight is 400 g/mol. The molecule has 0 saturated heterocycles. The summed E-state index contributed by atoms with van der Waals surface area (Å²) in [6.07, 6.45) is -3.78. The topological polar surface area (TPSA) is 46.2 Å². The normalized spacial score (nSPS) is 12.6. The maximum Gasteiger partial charge on any atom is 0.417 e. The third kappa shape index (κ3) is 4.18. The van der Waals surface area contributed by atoms with Gasteiger partial charge >= 0.3 is 6.18 Å². The first-order valence-corrected chi connectivity index (χ1v) is 7.39. The summed E-state index contributed by atoms with van der Waals surface area (Å²) in [6.45, 7) is 0. The molecule has 0 unspecified atom stereocenters. The molecule has 96 valence electrons. The lowest BCUT2D eigenvalue weighted by Gasteiger charge is -2.13. The second-order valence-electron chi connectivity index (χ2n) is 3.18. The van der Waals surface area contributed by atoms with E-state index in [1.165, 1.54) is 0 Å². The van der Waals surface area contributed by atoms with Crippen LogP contribution in [0.3, 0.4) is 0 Å². The van der Waals surface area contributed by atoms with Gasteiger partial charge in [-0.3, -0.25) is 4.72 Å². The van der Waals surface area contributed by atoms with E-state index >= 15 is 0 Å². The molecule has 0 aliphatic carbocycles. The number of anilines is 1. The lowest BCUT2D eigenvalue weighted by molar-refractivity contribution is -0.137. The van der Waals surface area contributed by atoms with Crippen LogP contribution in [0.4, 0.5) is 18.9 Å². The maximum absolute atomic E-state index is 12.5. The molecule has 0 atom stereocenters. The molecule has 0 saturated carbocycles. The molecule has 0 amide bonds. The Bertz CT molecular complexity index is 544. The van der Waals surface area contributed by atoms with Gasteiger partial charge in [-0.05, 0) is 34.7 Å². The highest BCUT2D eigenvalue weighted by atomic mass is 127. The van der Waals surface area contributed by atoms with Crippen molar-refractivity contribution in [3.05, 3.63) is 26.3 Å². The van der Waals surface area contributed by atoms with Crippen LogP contribution in [0.15, 0.2) is 12.1 Å². The molecule has 1 N–H and O–H groups in total. The number of hydrogen-bond donors (Lipinski definition) is 1. The van der Waals surface area contributed by atoms with Crippen LogP contribution in [0.1, 0.15) is 5.56 Å². The Morgan fingerprint density at radius 1 is 1.35 bits per heavy atom. The first-order chi connectivity index (χ1) is 7.50. The molecule has 0 radical (unpaired) electrons. The number of alkyl halides is 3. The number of halogens is 5. The number of nitrogens with one attached hydrogen (secondary N) is 1. The number of benzene rings is 1. The monoisotopic (exact) mass is 399 g/mol. The molecule has 9 heteroatoms. The Labute approximate surface area is 115 Å². The zero-order chi connectivity index (χ0) is 13.4. The van der Waals surface area contributed by atoms with Crippen molar-refractivity contribution >= 4 is 49.9 Å². The summed E-state index contributed by atoms with van der Waals surface area (Å²) in [7, 11) is -3.64. The van der Waals surface area contributed by atoms with Crippen LogP contribution in [-0.2, 0) is 16.2 Å². The molecule has 3 nitrogen and oxygen atoms in total. The Hall–Kier alpha value is -0.220. The Morgan fingerprint density at radius 3 is 2.29 bits per heavy atom. The molecule has 0 fully saturated rings. The largest absolute Gasteiger partial charge is 0.417 e. The molecule has 1 aromatic carbocycles. The third-order valence-electron chi connectivity index (χ3n) is 1.66. The zero-order valence-electron chi connectivity index (χ0n) is 8.27. The SMILES string of the molecule is CS(=O)(=O)Nc1cc(C(F)(F)F)c(Cl)cc1I.